The first-order valence-electron chi connectivity index (χ1n) is 13.1. The third-order valence-electron chi connectivity index (χ3n) is 6.15. The Labute approximate surface area is 243 Å². The summed E-state index contributed by atoms with van der Waals surface area (Å²) in [6, 6.07) is 17.7. The highest BCUT2D eigenvalue weighted by molar-refractivity contribution is 6.16. The zero-order valence-corrected chi connectivity index (χ0v) is 24.0. The van der Waals surface area contributed by atoms with Crippen molar-refractivity contribution in [3.05, 3.63) is 84.3 Å². The standard InChI is InChI=1S/C31H33N5O6/c1-20(36(19-31(2,3)39)35-21-9-7-6-8-10-21)24(18-37)30(38)34-29-12-11-22(17-33-29)42-26-13-14-32-25-16-28(41-5)27(40-4)15-23(25)26/h6-18,35,39H,19H2,1-5H3,(H,33,34,38)/b24-20+. The molecule has 0 unspecified atom stereocenters. The lowest BCUT2D eigenvalue weighted by Crippen LogP contribution is -2.42. The molecule has 2 aromatic heterocycles. The molecule has 3 N–H and O–H groups in total. The van der Waals surface area contributed by atoms with Crippen molar-refractivity contribution in [3.63, 3.8) is 0 Å². The molecule has 0 saturated carbocycles. The number of rotatable bonds is 12. The lowest BCUT2D eigenvalue weighted by molar-refractivity contribution is -0.115. The molecule has 1 amide bonds. The van der Waals surface area contributed by atoms with Crippen LogP contribution in [0.3, 0.4) is 0 Å². The van der Waals surface area contributed by atoms with Crippen molar-refractivity contribution in [3.8, 4) is 23.0 Å². The Hall–Kier alpha value is -5.16. The fourth-order valence-corrected chi connectivity index (χ4v) is 4.11. The Morgan fingerprint density at radius 2 is 1.71 bits per heavy atom. The SMILES string of the molecule is COc1cc2nccc(Oc3ccc(NC(=O)/C(C=O)=C(\C)N(CC(C)(C)O)Nc4ccccc4)nc3)c2cc1OC. The Balaban J connectivity index is 1.52. The van der Waals surface area contributed by atoms with Gasteiger partial charge < -0.3 is 24.6 Å². The van der Waals surface area contributed by atoms with E-state index in [-0.39, 0.29) is 17.9 Å². The van der Waals surface area contributed by atoms with Crippen LogP contribution in [0, 0.1) is 0 Å². The number of anilines is 2. The average Bonchev–Trinajstić information content (AvgIpc) is 2.97. The predicted octanol–water partition coefficient (Wildman–Crippen LogP) is 4.95. The Kier molecular flexibility index (Phi) is 9.23. The molecule has 2 aromatic carbocycles. The minimum Gasteiger partial charge on any atom is -0.493 e. The fraction of sp³-hybridized carbons (Fsp3) is 0.226. The summed E-state index contributed by atoms with van der Waals surface area (Å²) >= 11 is 0. The van der Waals surface area contributed by atoms with E-state index < -0.39 is 11.5 Å². The van der Waals surface area contributed by atoms with Crippen molar-refractivity contribution in [1.82, 2.24) is 15.0 Å². The number of para-hydroxylation sites is 1. The van der Waals surface area contributed by atoms with E-state index in [4.69, 9.17) is 14.2 Å². The van der Waals surface area contributed by atoms with Crippen LogP contribution in [0.5, 0.6) is 23.0 Å². The summed E-state index contributed by atoms with van der Waals surface area (Å²) in [5.41, 5.74) is 3.61. The number of allylic oxidation sites excluding steroid dienone is 1. The first-order valence-corrected chi connectivity index (χ1v) is 13.1. The van der Waals surface area contributed by atoms with Crippen LogP contribution in [0.25, 0.3) is 10.9 Å². The van der Waals surface area contributed by atoms with E-state index in [1.165, 1.54) is 6.20 Å². The van der Waals surface area contributed by atoms with Gasteiger partial charge in [0.25, 0.3) is 5.91 Å². The number of methoxy groups -OCH3 is 2. The molecule has 0 aliphatic rings. The number of pyridine rings is 2. The molecule has 0 fully saturated rings. The lowest BCUT2D eigenvalue weighted by Gasteiger charge is -2.33. The number of aromatic nitrogens is 2. The summed E-state index contributed by atoms with van der Waals surface area (Å²) in [6.07, 6.45) is 3.55. The highest BCUT2D eigenvalue weighted by atomic mass is 16.5. The van der Waals surface area contributed by atoms with Crippen LogP contribution in [0.2, 0.25) is 0 Å². The van der Waals surface area contributed by atoms with E-state index in [0.717, 1.165) is 5.69 Å². The van der Waals surface area contributed by atoms with Crippen LogP contribution in [0.1, 0.15) is 20.8 Å². The molecular formula is C31H33N5O6. The van der Waals surface area contributed by atoms with Crippen molar-refractivity contribution in [1.29, 1.82) is 0 Å². The number of hydrogen-bond donors (Lipinski definition) is 3. The van der Waals surface area contributed by atoms with Crippen molar-refractivity contribution in [2.24, 2.45) is 0 Å². The number of carbonyl (C=O) groups is 2. The second-order valence-corrected chi connectivity index (χ2v) is 9.96. The monoisotopic (exact) mass is 571 g/mol. The first kappa shape index (κ1) is 29.8. The highest BCUT2D eigenvalue weighted by Crippen LogP contribution is 2.36. The van der Waals surface area contributed by atoms with Gasteiger partial charge in [-0.05, 0) is 57.2 Å². The lowest BCUT2D eigenvalue weighted by atomic mass is 10.1. The predicted molar refractivity (Wildman–Crippen MR) is 160 cm³/mol. The maximum atomic E-state index is 13.1. The van der Waals surface area contributed by atoms with E-state index in [9.17, 15) is 14.7 Å². The summed E-state index contributed by atoms with van der Waals surface area (Å²) in [5, 5.41) is 15.4. The van der Waals surface area contributed by atoms with E-state index in [2.05, 4.69) is 20.7 Å². The highest BCUT2D eigenvalue weighted by Gasteiger charge is 2.23. The third kappa shape index (κ3) is 7.32. The molecule has 0 aliphatic carbocycles. The van der Waals surface area contributed by atoms with Gasteiger partial charge in [-0.15, -0.1) is 0 Å². The molecule has 0 aliphatic heterocycles. The third-order valence-corrected chi connectivity index (χ3v) is 6.15. The minimum atomic E-state index is -1.12. The number of hydrazine groups is 1. The quantitative estimate of drug-likeness (QED) is 0.0705. The van der Waals surface area contributed by atoms with Gasteiger partial charge in [0.1, 0.15) is 22.9 Å². The number of ether oxygens (including phenoxy) is 3. The second-order valence-electron chi connectivity index (χ2n) is 9.96. The summed E-state index contributed by atoms with van der Waals surface area (Å²) < 4.78 is 16.8. The molecule has 0 saturated heterocycles. The van der Waals surface area contributed by atoms with Gasteiger partial charge in [0.05, 0.1) is 43.8 Å². The zero-order chi connectivity index (χ0) is 30.3. The Morgan fingerprint density at radius 3 is 2.33 bits per heavy atom. The zero-order valence-electron chi connectivity index (χ0n) is 24.0. The average molecular weight is 572 g/mol. The Morgan fingerprint density at radius 1 is 1.00 bits per heavy atom. The largest absolute Gasteiger partial charge is 0.493 e. The minimum absolute atomic E-state index is 0.102. The normalized spacial score (nSPS) is 11.8. The molecule has 42 heavy (non-hydrogen) atoms. The van der Waals surface area contributed by atoms with Gasteiger partial charge >= 0.3 is 0 Å². The van der Waals surface area contributed by atoms with Gasteiger partial charge in [0.15, 0.2) is 17.8 Å². The van der Waals surface area contributed by atoms with Gasteiger partial charge in [0, 0.05) is 23.3 Å². The number of benzene rings is 2. The number of fused-ring (bicyclic) bond motifs is 1. The van der Waals surface area contributed by atoms with Crippen LogP contribution < -0.4 is 25.0 Å². The van der Waals surface area contributed by atoms with Gasteiger partial charge in [-0.1, -0.05) is 18.2 Å². The van der Waals surface area contributed by atoms with Crippen LogP contribution in [0.15, 0.2) is 84.3 Å². The number of nitrogens with one attached hydrogen (secondary N) is 2. The summed E-state index contributed by atoms with van der Waals surface area (Å²) in [7, 11) is 3.10. The van der Waals surface area contributed by atoms with Crippen molar-refractivity contribution in [2.75, 3.05) is 31.5 Å². The van der Waals surface area contributed by atoms with Crippen molar-refractivity contribution in [2.45, 2.75) is 26.4 Å². The molecule has 0 bridgehead atoms. The van der Waals surface area contributed by atoms with Crippen molar-refractivity contribution >= 4 is 34.6 Å². The number of hydrogen-bond acceptors (Lipinski definition) is 10. The summed E-state index contributed by atoms with van der Waals surface area (Å²) in [5.74, 6) is 1.60. The first-order chi connectivity index (χ1) is 20.1. The number of aldehydes is 1. The molecular weight excluding hydrogens is 538 g/mol. The van der Waals surface area contributed by atoms with Crippen LogP contribution >= 0.6 is 0 Å². The number of aliphatic hydroxyl groups is 1. The molecule has 0 radical (unpaired) electrons. The van der Waals surface area contributed by atoms with Crippen molar-refractivity contribution < 1.29 is 28.9 Å². The maximum absolute atomic E-state index is 13.1. The van der Waals surface area contributed by atoms with Crippen LogP contribution in [-0.4, -0.2) is 58.6 Å². The second kappa shape index (κ2) is 13.0. The molecule has 0 atom stereocenters. The fourth-order valence-electron chi connectivity index (χ4n) is 4.11. The van der Waals surface area contributed by atoms with E-state index in [1.54, 1.807) is 76.5 Å². The smallest absolute Gasteiger partial charge is 0.261 e. The van der Waals surface area contributed by atoms with E-state index in [1.807, 2.05) is 30.3 Å². The molecule has 4 aromatic rings. The van der Waals surface area contributed by atoms with E-state index in [0.29, 0.717) is 45.9 Å². The van der Waals surface area contributed by atoms with Crippen LogP contribution in [0.4, 0.5) is 11.5 Å². The maximum Gasteiger partial charge on any atom is 0.261 e. The van der Waals surface area contributed by atoms with Gasteiger partial charge in [-0.2, -0.15) is 0 Å². The molecule has 11 heteroatoms. The van der Waals surface area contributed by atoms with Crippen LogP contribution in [-0.2, 0) is 9.59 Å². The molecule has 11 nitrogen and oxygen atoms in total. The van der Waals surface area contributed by atoms with Gasteiger partial charge in [0.2, 0.25) is 0 Å². The number of carbonyl (C=O) groups excluding carboxylic acids is 2. The summed E-state index contributed by atoms with van der Waals surface area (Å²) in [6.45, 7) is 5.00. The van der Waals surface area contributed by atoms with Gasteiger partial charge in [-0.25, -0.2) is 4.98 Å². The molecule has 218 valence electrons. The number of amides is 1. The topological polar surface area (TPSA) is 135 Å². The molecule has 0 spiro atoms. The molecule has 4 rings (SSSR count). The van der Waals surface area contributed by atoms with E-state index >= 15 is 0 Å². The Bertz CT molecular complexity index is 1580. The van der Waals surface area contributed by atoms with Gasteiger partial charge in [-0.3, -0.25) is 25.0 Å². The molecule has 2 heterocycles. The summed E-state index contributed by atoms with van der Waals surface area (Å²) in [4.78, 5) is 33.8. The number of nitrogens with zero attached hydrogens (tertiary/aromatic N) is 3.